The Morgan fingerprint density at radius 2 is 1.66 bits per heavy atom. The van der Waals surface area contributed by atoms with Crippen LogP contribution in [0, 0.1) is 29.6 Å². The van der Waals surface area contributed by atoms with Gasteiger partial charge in [0.1, 0.15) is 40.3 Å². The smallest absolute Gasteiger partial charge is 0.302 e. The van der Waals surface area contributed by atoms with Gasteiger partial charge in [-0.3, -0.25) is 24.1 Å². The van der Waals surface area contributed by atoms with E-state index in [1.54, 1.807) is 64.1 Å². The molecule has 2 aromatic carbocycles. The minimum atomic E-state index is -1.57. The molecule has 2 aromatic rings. The van der Waals surface area contributed by atoms with Crippen LogP contribution in [0.25, 0.3) is 33.3 Å². The summed E-state index contributed by atoms with van der Waals surface area (Å²) in [4.78, 5) is 65.3. The molecule has 0 radical (unpaired) electrons. The number of anilines is 2. The number of hydrogen-bond donors (Lipinski definition) is 5. The molecule has 1 aliphatic carbocycles. The van der Waals surface area contributed by atoms with Gasteiger partial charge in [-0.05, 0) is 19.8 Å². The van der Waals surface area contributed by atoms with E-state index in [0.717, 1.165) is 19.6 Å². The quantitative estimate of drug-likeness (QED) is 0.0617. The van der Waals surface area contributed by atoms with E-state index in [9.17, 15) is 39.6 Å². The molecule has 5 aliphatic rings. The zero-order valence-corrected chi connectivity index (χ0v) is 40.0. The third-order valence-electron chi connectivity index (χ3n) is 13.8. The summed E-state index contributed by atoms with van der Waals surface area (Å²) in [6.45, 7) is 19.7. The second kappa shape index (κ2) is 19.4. The Morgan fingerprint density at radius 3 is 2.31 bits per heavy atom. The molecule has 67 heavy (non-hydrogen) atoms. The van der Waals surface area contributed by atoms with Crippen molar-refractivity contribution in [3.63, 3.8) is 0 Å². The molecule has 16 nitrogen and oxygen atoms in total. The summed E-state index contributed by atoms with van der Waals surface area (Å²) in [5.74, 6) is -4.64. The predicted octanol–water partition coefficient (Wildman–Crippen LogP) is 6.58. The molecule has 0 unspecified atom stereocenters. The molecular weight excluding hydrogens is 861 g/mol. The number of aromatic nitrogens is 1. The van der Waals surface area contributed by atoms with Crippen LogP contribution in [0.3, 0.4) is 0 Å². The molecule has 5 N–H and O–H groups in total. The summed E-state index contributed by atoms with van der Waals surface area (Å²) in [6, 6.07) is 4.51. The van der Waals surface area contributed by atoms with Gasteiger partial charge in [0.25, 0.3) is 5.91 Å². The molecule has 1 fully saturated rings. The average Bonchev–Trinajstić information content (AvgIpc) is 3.53. The number of aromatic hydroxyl groups is 2. The standard InChI is InChI=1S/C51H64N4O12/c1-25(2)24-54-17-19-55(20-18-54)32-21-34(58)41-37(22-32)66-48-42(52-41)40-38-33(57)23-36-39(40)49(62)51(9,67-36)16-12-15-35(64-10)28(5)47(65-31(8)56)30(7)45(60)29(6)44(59)26(3)13-11-14-27(4)50(63)53-43(48)46(38)61/h11-15,21-23,25-26,28-30,35,44-45,47,57-60H,16-20,24H2,1-10H3,(H,53,63)/b13-11+,15-12+,27-14-/t26-,28+,29+,30+,35-,44-,45+,47+,51+/m0/s1. The van der Waals surface area contributed by atoms with Crippen molar-refractivity contribution in [1.82, 2.24) is 9.88 Å². The number of amides is 1. The molecule has 4 heterocycles. The number of phenols is 2. The Labute approximate surface area is 390 Å². The van der Waals surface area contributed by atoms with E-state index >= 15 is 0 Å². The summed E-state index contributed by atoms with van der Waals surface area (Å²) < 4.78 is 24.5. The van der Waals surface area contributed by atoms with Gasteiger partial charge in [0, 0.05) is 112 Å². The van der Waals surface area contributed by atoms with E-state index in [2.05, 4.69) is 29.0 Å². The number of Topliss-reactive ketones (excluding diaryl/α,β-unsaturated/α-hetero) is 1. The van der Waals surface area contributed by atoms with Crippen LogP contribution in [-0.4, -0.2) is 118 Å². The Bertz CT molecular complexity index is 2680. The van der Waals surface area contributed by atoms with Gasteiger partial charge in [0.2, 0.25) is 11.2 Å². The first-order valence-corrected chi connectivity index (χ1v) is 23.1. The van der Waals surface area contributed by atoms with Crippen LogP contribution >= 0.6 is 0 Å². The molecule has 16 heteroatoms. The van der Waals surface area contributed by atoms with Crippen LogP contribution in [0.4, 0.5) is 11.4 Å². The number of esters is 1. The maximum atomic E-state index is 14.8. The number of piperazine rings is 1. The number of ether oxygens (including phenoxy) is 3. The fraction of sp³-hybridized carbons (Fsp3) is 0.510. The molecular formula is C51H64N4O12. The number of benzene rings is 3. The molecule has 0 spiro atoms. The topological polar surface area (TPSA) is 221 Å². The molecule has 4 aliphatic heterocycles. The molecule has 1 saturated heterocycles. The lowest BCUT2D eigenvalue weighted by Crippen LogP contribution is -2.47. The molecule has 9 atom stereocenters. The van der Waals surface area contributed by atoms with Gasteiger partial charge in [0.05, 0.1) is 29.3 Å². The highest BCUT2D eigenvalue weighted by molar-refractivity contribution is 6.22. The number of methoxy groups -OCH3 is 1. The van der Waals surface area contributed by atoms with Crippen molar-refractivity contribution < 1.29 is 53.4 Å². The Kier molecular flexibility index (Phi) is 14.2. The minimum absolute atomic E-state index is 0.0155. The zero-order chi connectivity index (χ0) is 48.8. The number of hydrogen-bond acceptors (Lipinski definition) is 15. The normalized spacial score (nSPS) is 29.9. The van der Waals surface area contributed by atoms with Gasteiger partial charge in [-0.2, -0.15) is 0 Å². The largest absolute Gasteiger partial charge is 0.507 e. The lowest BCUT2D eigenvalue weighted by Gasteiger charge is -2.38. The number of allylic oxidation sites excluding steroid dienone is 2. The molecule has 0 aromatic heterocycles. The lowest BCUT2D eigenvalue weighted by molar-refractivity contribution is -0.160. The first-order chi connectivity index (χ1) is 31.6. The Balaban J connectivity index is 1.40. The summed E-state index contributed by atoms with van der Waals surface area (Å²) in [5, 5.41) is 48.6. The first-order valence-electron chi connectivity index (χ1n) is 23.1. The number of carbonyl (C=O) groups is 3. The van der Waals surface area contributed by atoms with E-state index in [1.165, 1.54) is 33.1 Å². The molecule has 7 rings (SSSR count). The van der Waals surface area contributed by atoms with E-state index in [1.807, 2.05) is 6.92 Å². The Morgan fingerprint density at radius 1 is 0.955 bits per heavy atom. The lowest BCUT2D eigenvalue weighted by atomic mass is 9.78. The highest BCUT2D eigenvalue weighted by Gasteiger charge is 2.47. The van der Waals surface area contributed by atoms with Crippen molar-refractivity contribution in [3.05, 3.63) is 69.9 Å². The van der Waals surface area contributed by atoms with E-state index in [0.29, 0.717) is 24.7 Å². The van der Waals surface area contributed by atoms with Crippen LogP contribution in [0.2, 0.25) is 0 Å². The van der Waals surface area contributed by atoms with Crippen LogP contribution in [0.5, 0.6) is 17.2 Å². The fourth-order valence-corrected chi connectivity index (χ4v) is 9.86. The van der Waals surface area contributed by atoms with E-state index < -0.39 is 82.5 Å². The number of phenolic OH excluding ortho intramolecular Hbond substituents is 2. The van der Waals surface area contributed by atoms with Crippen LogP contribution in [-0.2, 0) is 19.1 Å². The predicted molar refractivity (Wildman–Crippen MR) is 255 cm³/mol. The van der Waals surface area contributed by atoms with Crippen LogP contribution < -0.4 is 20.4 Å². The average molecular weight is 925 g/mol. The van der Waals surface area contributed by atoms with Crippen molar-refractivity contribution in [2.75, 3.05) is 50.1 Å². The summed E-state index contributed by atoms with van der Waals surface area (Å²) in [5.41, 5.74) is -1.94. The summed E-state index contributed by atoms with van der Waals surface area (Å²) >= 11 is 0. The van der Waals surface area contributed by atoms with E-state index in [-0.39, 0.29) is 68.1 Å². The van der Waals surface area contributed by atoms with E-state index in [4.69, 9.17) is 23.6 Å². The molecule has 4 bridgehead atoms. The van der Waals surface area contributed by atoms with Crippen molar-refractivity contribution in [2.45, 2.75) is 98.8 Å². The maximum Gasteiger partial charge on any atom is 0.302 e. The highest BCUT2D eigenvalue weighted by Crippen LogP contribution is 2.49. The number of aliphatic hydroxyl groups is 2. The summed E-state index contributed by atoms with van der Waals surface area (Å²) in [6.07, 6.45) is 4.45. The molecule has 0 saturated carbocycles. The van der Waals surface area contributed by atoms with Gasteiger partial charge in [-0.15, -0.1) is 0 Å². The number of ketones is 1. The first kappa shape index (κ1) is 49.1. The van der Waals surface area contributed by atoms with Crippen LogP contribution in [0.15, 0.2) is 63.4 Å². The minimum Gasteiger partial charge on any atom is -0.507 e. The molecule has 360 valence electrons. The number of fused-ring (bicyclic) bond motifs is 2. The number of carbonyl (C=O) groups excluding carboxylic acids is 3. The second-order valence-electron chi connectivity index (χ2n) is 19.3. The van der Waals surface area contributed by atoms with Crippen molar-refractivity contribution in [3.8, 4) is 28.7 Å². The van der Waals surface area contributed by atoms with Gasteiger partial charge in [-0.1, -0.05) is 71.9 Å². The monoisotopic (exact) mass is 924 g/mol. The van der Waals surface area contributed by atoms with Crippen LogP contribution in [0.1, 0.15) is 79.1 Å². The molecule has 1 amide bonds. The highest BCUT2D eigenvalue weighted by atomic mass is 16.5. The third kappa shape index (κ3) is 9.54. The number of aliphatic hydroxyl groups excluding tert-OH is 2. The number of nitrogens with zero attached hydrogens (tertiary/aromatic N) is 3. The second-order valence-corrected chi connectivity index (χ2v) is 19.3. The Hall–Kier alpha value is -5.81. The summed E-state index contributed by atoms with van der Waals surface area (Å²) in [7, 11) is 1.49. The van der Waals surface area contributed by atoms with Gasteiger partial charge in [-0.25, -0.2) is 4.98 Å². The van der Waals surface area contributed by atoms with Gasteiger partial charge >= 0.3 is 5.97 Å². The van der Waals surface area contributed by atoms with Crippen molar-refractivity contribution >= 4 is 50.9 Å². The van der Waals surface area contributed by atoms with Crippen molar-refractivity contribution in [1.29, 1.82) is 0 Å². The zero-order valence-electron chi connectivity index (χ0n) is 40.0. The fourth-order valence-electron chi connectivity index (χ4n) is 9.86. The third-order valence-corrected chi connectivity index (χ3v) is 13.8. The maximum absolute atomic E-state index is 14.8. The van der Waals surface area contributed by atoms with Gasteiger partial charge < -0.3 is 49.3 Å². The van der Waals surface area contributed by atoms with Crippen molar-refractivity contribution in [2.24, 2.45) is 29.6 Å². The number of rotatable bonds is 5. The SMILES string of the molecule is CO[C@H]1/C=C/C[C@@]2(C)Oc3cc(O)c4c(=O)c(c5oc6cc(N7CCN(CC(C)C)CC7)cc(O)c6nc-5c4c3C2=O)NC(=O)/C(C)=C\C=C\[C@H](C)[C@H](O)[C@@H](C)[C@@H](O)[C@@H](C)[C@H](OC(C)=O)[C@@H]1C. The van der Waals surface area contributed by atoms with Gasteiger partial charge in [0.15, 0.2) is 16.9 Å². The number of nitrogens with one attached hydrogen (secondary N) is 1.